The maximum Gasteiger partial charge on any atom is 0.478 e. The molecule has 4 aliphatic rings. The quantitative estimate of drug-likeness (QED) is 0.106. The Bertz CT molecular complexity index is 2580. The topological polar surface area (TPSA) is 316 Å². The minimum absolute atomic E-state index is 0.0443. The molecule has 4 aromatic heterocycles. The Kier molecular flexibility index (Phi) is 12.0. The van der Waals surface area contributed by atoms with E-state index in [1.165, 1.54) is 23.5 Å². The van der Waals surface area contributed by atoms with Gasteiger partial charge in [0.25, 0.3) is 5.56 Å². The van der Waals surface area contributed by atoms with E-state index >= 15 is 9.13 Å². The van der Waals surface area contributed by atoms with Gasteiger partial charge in [0.15, 0.2) is 28.9 Å². The van der Waals surface area contributed by atoms with Crippen LogP contribution >= 0.6 is 26.0 Å². The first kappa shape index (κ1) is 45.7. The number of H-pyrrole nitrogens is 1. The summed E-state index contributed by atoms with van der Waals surface area (Å²) in [6.45, 7) is 4.10. The van der Waals surface area contributed by atoms with Crippen molar-refractivity contribution in [3.05, 3.63) is 35.2 Å². The van der Waals surface area contributed by atoms with Crippen LogP contribution in [0.5, 0.6) is 0 Å². The van der Waals surface area contributed by atoms with E-state index in [0.717, 1.165) is 0 Å². The van der Waals surface area contributed by atoms with Crippen LogP contribution in [-0.2, 0) is 55.5 Å². The second-order valence-electron chi connectivity index (χ2n) is 17.9. The van der Waals surface area contributed by atoms with Crippen molar-refractivity contribution in [2.75, 3.05) is 38.3 Å². The highest BCUT2D eigenvalue weighted by molar-refractivity contribution is 8.55. The normalized spacial score (nSPS) is 33.5. The molecule has 4 fully saturated rings. The van der Waals surface area contributed by atoms with Crippen LogP contribution in [0, 0.1) is 35.0 Å². The summed E-state index contributed by atoms with van der Waals surface area (Å²) in [4.78, 5) is 62.4. The van der Waals surface area contributed by atoms with Gasteiger partial charge in [-0.15, -0.1) is 0 Å². The number of nitrogens with one attached hydrogen (secondary N) is 1. The van der Waals surface area contributed by atoms with E-state index in [9.17, 15) is 24.6 Å². The fraction of sp³-hybridized carbons (Fsp3) is 0.667. The molecule has 2 saturated carbocycles. The van der Waals surface area contributed by atoms with Crippen molar-refractivity contribution in [1.29, 1.82) is 0 Å². The lowest BCUT2D eigenvalue weighted by Gasteiger charge is -2.32. The SMILES string of the molecule is Cc1nc2c(ncn2[C@@H]2O[C@@H]3CO[P@](=O)(SCOC(=O)C(C)(C)C)O[C@H]4[C@@H](O)[C@H](n5cnc6c(N)ncnc65)[C@H]5C[C@@]54CO[P@](=O)(OCOC(=O)C(C)(C)C)O[C@@H]2[C@@H]3CO)c(=O)[nH]1. The lowest BCUT2D eigenvalue weighted by atomic mass is 9.98. The van der Waals surface area contributed by atoms with Crippen LogP contribution in [-0.4, -0.2) is 118 Å². The number of hydrogen-bond acceptors (Lipinski definition) is 22. The molecule has 0 amide bonds. The molecule has 0 radical (unpaired) electrons. The van der Waals surface area contributed by atoms with Gasteiger partial charge in [0.05, 0.1) is 55.5 Å². The maximum atomic E-state index is 15.1. The third-order valence-electron chi connectivity index (χ3n) is 11.5. The average molecular weight is 942 g/mol. The van der Waals surface area contributed by atoms with Gasteiger partial charge in [-0.3, -0.25) is 37.0 Å². The predicted molar refractivity (Wildman–Crippen MR) is 219 cm³/mol. The fourth-order valence-corrected chi connectivity index (χ4v) is 12.2. The summed E-state index contributed by atoms with van der Waals surface area (Å²) >= 11 is 0.545. The van der Waals surface area contributed by atoms with E-state index in [0.29, 0.717) is 11.4 Å². The van der Waals surface area contributed by atoms with Gasteiger partial charge in [-0.2, -0.15) is 0 Å². The Balaban J connectivity index is 1.21. The molecule has 8 rings (SSSR count). The number of anilines is 1. The number of fused-ring (bicyclic) bond motifs is 4. The number of aromatic nitrogens is 8. The van der Waals surface area contributed by atoms with E-state index in [2.05, 4.69) is 29.9 Å². The Hall–Kier alpha value is -3.87. The van der Waals surface area contributed by atoms with Crippen LogP contribution in [0.4, 0.5) is 5.82 Å². The molecule has 344 valence electrons. The summed E-state index contributed by atoms with van der Waals surface area (Å²) in [5.74, 6) is -3.14. The largest absolute Gasteiger partial charge is 0.478 e. The smallest absolute Gasteiger partial charge is 0.454 e. The zero-order chi connectivity index (χ0) is 45.4. The molecule has 0 unspecified atom stereocenters. The van der Waals surface area contributed by atoms with Crippen LogP contribution in [0.15, 0.2) is 23.8 Å². The number of nitrogens with two attached hydrogens (primary N) is 1. The van der Waals surface area contributed by atoms with E-state index < -0.39 is 129 Å². The lowest BCUT2D eigenvalue weighted by molar-refractivity contribution is -0.161. The Labute approximate surface area is 363 Å². The molecular formula is C36H49N9O15P2S. The van der Waals surface area contributed by atoms with E-state index in [4.69, 9.17) is 42.6 Å². The number of nitrogens with zero attached hydrogens (tertiary/aromatic N) is 7. The first-order valence-corrected chi connectivity index (χ1v) is 24.5. The molecule has 2 bridgehead atoms. The molecule has 11 atom stereocenters. The summed E-state index contributed by atoms with van der Waals surface area (Å²) in [5, 5.41) is 23.1. The molecule has 6 heterocycles. The van der Waals surface area contributed by atoms with Crippen molar-refractivity contribution < 1.29 is 65.8 Å². The number of phosphoric ester groups is 1. The number of esters is 2. The number of phosphoric acid groups is 1. The zero-order valence-corrected chi connectivity index (χ0v) is 37.9. The molecule has 2 aliphatic heterocycles. The standard InChI is InChI=1S/C36H49N9O15P2S/c1-17-42-29-22(30(48)43-17)41-14-45(29)31-25-18(9-46)20(58-31)10-55-62(52,63-16-54-33(50)35(5,6)7)60-26-24(47)23(44-13-40-21-27(37)38-12-39-28(21)44)19-8-36(19,26)11-56-61(51,59-25)57-15-53-32(49)34(2,3)4/h12-14,18-20,23-26,31,46-47H,8-11,15-16H2,1-7H3,(H2,37,38,39)(H,42,43,48)/t18-,19-,20-,23-,24+,25-,26+,31-,36-,61-,62+/m1/s1. The van der Waals surface area contributed by atoms with Crippen LogP contribution in [0.1, 0.15) is 66.1 Å². The number of nitrogen functional groups attached to an aromatic ring is 1. The second-order valence-corrected chi connectivity index (χ2v) is 23.5. The van der Waals surface area contributed by atoms with Gasteiger partial charge in [-0.25, -0.2) is 38.6 Å². The first-order chi connectivity index (χ1) is 29.6. The number of carbonyl (C=O) groups is 2. The van der Waals surface area contributed by atoms with Gasteiger partial charge < -0.3 is 39.7 Å². The summed E-state index contributed by atoms with van der Waals surface area (Å²) in [5.41, 5.74) is 2.91. The number of hydrogen-bond donors (Lipinski definition) is 4. The summed E-state index contributed by atoms with van der Waals surface area (Å²) in [6, 6.07) is -0.853. The Morgan fingerprint density at radius 1 is 1.00 bits per heavy atom. The van der Waals surface area contributed by atoms with Gasteiger partial charge in [0, 0.05) is 22.7 Å². The highest BCUT2D eigenvalue weighted by Gasteiger charge is 2.74. The average Bonchev–Trinajstić information content (AvgIpc) is 3.49. The van der Waals surface area contributed by atoms with Crippen LogP contribution < -0.4 is 11.3 Å². The number of imidazole rings is 2. The number of aliphatic hydroxyl groups excluding tert-OH is 2. The van der Waals surface area contributed by atoms with Crippen molar-refractivity contribution in [2.24, 2.45) is 28.1 Å². The minimum Gasteiger partial charge on any atom is -0.454 e. The number of ether oxygens (including phenoxy) is 3. The van der Waals surface area contributed by atoms with Gasteiger partial charge in [0.2, 0.25) is 6.79 Å². The van der Waals surface area contributed by atoms with Crippen LogP contribution in [0.2, 0.25) is 0 Å². The highest BCUT2D eigenvalue weighted by Crippen LogP contribution is 2.74. The van der Waals surface area contributed by atoms with Gasteiger partial charge in [-0.05, 0) is 60.8 Å². The van der Waals surface area contributed by atoms with Crippen LogP contribution in [0.3, 0.4) is 0 Å². The molecular weight excluding hydrogens is 892 g/mol. The summed E-state index contributed by atoms with van der Waals surface area (Å²) in [6.07, 6.45) is -2.73. The third-order valence-corrected chi connectivity index (χ3v) is 16.2. The van der Waals surface area contributed by atoms with E-state index in [1.54, 1.807) is 53.0 Å². The van der Waals surface area contributed by atoms with Gasteiger partial charge in [-0.1, -0.05) is 0 Å². The lowest BCUT2D eigenvalue weighted by Crippen LogP contribution is -2.38. The zero-order valence-electron chi connectivity index (χ0n) is 35.3. The molecule has 27 heteroatoms. The predicted octanol–water partition coefficient (Wildman–Crippen LogP) is 3.15. The second kappa shape index (κ2) is 16.5. The Morgan fingerprint density at radius 2 is 1.70 bits per heavy atom. The molecule has 1 spiro atoms. The van der Waals surface area contributed by atoms with Crippen LogP contribution in [0.25, 0.3) is 22.3 Å². The highest BCUT2D eigenvalue weighted by atomic mass is 32.7. The number of aromatic amines is 1. The monoisotopic (exact) mass is 941 g/mol. The molecule has 4 aromatic rings. The summed E-state index contributed by atoms with van der Waals surface area (Å²) in [7, 11) is -4.95. The molecule has 2 aliphatic carbocycles. The minimum atomic E-state index is -4.95. The van der Waals surface area contributed by atoms with E-state index in [1.807, 2.05) is 0 Å². The fourth-order valence-electron chi connectivity index (χ4n) is 8.07. The molecule has 5 N–H and O–H groups in total. The van der Waals surface area contributed by atoms with Crippen molar-refractivity contribution >= 4 is 66.1 Å². The summed E-state index contributed by atoms with van der Waals surface area (Å²) < 4.78 is 81.0. The number of aryl methyl sites for hydroxylation is 1. The molecule has 63 heavy (non-hydrogen) atoms. The first-order valence-electron chi connectivity index (χ1n) is 19.9. The van der Waals surface area contributed by atoms with Crippen molar-refractivity contribution in [2.45, 2.75) is 91.6 Å². The Morgan fingerprint density at radius 3 is 2.41 bits per heavy atom. The maximum absolute atomic E-state index is 15.1. The molecule has 0 aromatic carbocycles. The third kappa shape index (κ3) is 8.58. The number of rotatable bonds is 9. The van der Waals surface area contributed by atoms with Gasteiger partial charge >= 0.3 is 26.6 Å². The molecule has 24 nitrogen and oxygen atoms in total. The van der Waals surface area contributed by atoms with E-state index in [-0.39, 0.29) is 40.4 Å². The number of carbonyl (C=O) groups excluding carboxylic acids is 2. The molecule has 2 saturated heterocycles. The number of aliphatic hydroxyl groups is 2. The van der Waals surface area contributed by atoms with Gasteiger partial charge in [0.1, 0.15) is 41.9 Å². The van der Waals surface area contributed by atoms with Crippen molar-refractivity contribution in [1.82, 2.24) is 39.0 Å². The van der Waals surface area contributed by atoms with Crippen molar-refractivity contribution in [3.8, 4) is 0 Å². The van der Waals surface area contributed by atoms with Crippen molar-refractivity contribution in [3.63, 3.8) is 0 Å².